The van der Waals surface area contributed by atoms with Gasteiger partial charge in [-0.15, -0.1) is 0 Å². The Kier molecular flexibility index (Phi) is 6.47. The summed E-state index contributed by atoms with van der Waals surface area (Å²) >= 11 is 6.22. The van der Waals surface area contributed by atoms with E-state index in [1.54, 1.807) is 7.11 Å². The topological polar surface area (TPSA) is 38.5 Å². The minimum absolute atomic E-state index is 0.482. The van der Waals surface area contributed by atoms with Crippen molar-refractivity contribution < 1.29 is 4.74 Å². The molecule has 1 rings (SSSR count). The van der Waals surface area contributed by atoms with Crippen molar-refractivity contribution in [2.24, 2.45) is 0 Å². The first-order valence-electron chi connectivity index (χ1n) is 6.36. The Balaban J connectivity index is 2.81. The summed E-state index contributed by atoms with van der Waals surface area (Å²) in [7, 11) is 1.72. The van der Waals surface area contributed by atoms with Crippen molar-refractivity contribution in [1.82, 2.24) is 4.90 Å². The van der Waals surface area contributed by atoms with E-state index in [0.717, 1.165) is 35.8 Å². The molecule has 0 saturated heterocycles. The van der Waals surface area contributed by atoms with Crippen molar-refractivity contribution in [3.05, 3.63) is 28.8 Å². The normalized spacial score (nSPS) is 12.9. The maximum Gasteiger partial charge on any atom is 0.0589 e. The third-order valence-corrected chi connectivity index (χ3v) is 3.67. The first-order valence-corrected chi connectivity index (χ1v) is 6.73. The third-order valence-electron chi connectivity index (χ3n) is 3.31. The average molecular weight is 271 g/mol. The van der Waals surface area contributed by atoms with Crippen molar-refractivity contribution >= 4 is 17.3 Å². The largest absolute Gasteiger partial charge is 0.398 e. The lowest BCUT2D eigenvalue weighted by molar-refractivity contribution is 0.118. The zero-order chi connectivity index (χ0) is 13.5. The number of benzene rings is 1. The summed E-state index contributed by atoms with van der Waals surface area (Å²) < 4.78 is 5.16. The van der Waals surface area contributed by atoms with Gasteiger partial charge in [0.1, 0.15) is 0 Å². The number of methoxy groups -OCH3 is 1. The fraction of sp³-hybridized carbons (Fsp3) is 0.571. The zero-order valence-corrected chi connectivity index (χ0v) is 12.2. The fourth-order valence-corrected chi connectivity index (χ4v) is 2.11. The van der Waals surface area contributed by atoms with E-state index in [1.165, 1.54) is 0 Å². The van der Waals surface area contributed by atoms with Crippen LogP contribution in [0.1, 0.15) is 25.8 Å². The molecule has 0 radical (unpaired) electrons. The van der Waals surface area contributed by atoms with Crippen LogP contribution in [0.4, 0.5) is 5.69 Å². The molecule has 0 heterocycles. The lowest BCUT2D eigenvalue weighted by Gasteiger charge is -2.29. The summed E-state index contributed by atoms with van der Waals surface area (Å²) in [6, 6.07) is 6.14. The highest BCUT2D eigenvalue weighted by atomic mass is 35.5. The van der Waals surface area contributed by atoms with Gasteiger partial charge >= 0.3 is 0 Å². The molecule has 0 aliphatic rings. The third kappa shape index (κ3) is 4.16. The second-order valence-corrected chi connectivity index (χ2v) is 4.94. The smallest absolute Gasteiger partial charge is 0.0589 e. The van der Waals surface area contributed by atoms with Crippen LogP contribution in [0.3, 0.4) is 0 Å². The van der Waals surface area contributed by atoms with Gasteiger partial charge in [-0.2, -0.15) is 0 Å². The first-order chi connectivity index (χ1) is 8.60. The molecule has 0 aliphatic heterocycles. The van der Waals surface area contributed by atoms with Crippen molar-refractivity contribution in [2.45, 2.75) is 32.9 Å². The first kappa shape index (κ1) is 15.3. The van der Waals surface area contributed by atoms with Gasteiger partial charge in [0.15, 0.2) is 0 Å². The van der Waals surface area contributed by atoms with Crippen LogP contribution in [0, 0.1) is 0 Å². The predicted molar refractivity (Wildman–Crippen MR) is 77.9 cm³/mol. The van der Waals surface area contributed by atoms with Crippen molar-refractivity contribution in [3.8, 4) is 0 Å². The molecule has 0 saturated carbocycles. The minimum Gasteiger partial charge on any atom is -0.398 e. The van der Waals surface area contributed by atoms with Gasteiger partial charge in [-0.1, -0.05) is 24.6 Å². The Morgan fingerprint density at radius 3 is 2.72 bits per heavy atom. The second kappa shape index (κ2) is 7.62. The molecule has 102 valence electrons. The maximum absolute atomic E-state index is 6.22. The number of halogens is 1. The highest BCUT2D eigenvalue weighted by Crippen LogP contribution is 2.24. The number of nitrogens with two attached hydrogens (primary N) is 1. The molecule has 0 fully saturated rings. The zero-order valence-electron chi connectivity index (χ0n) is 11.4. The Morgan fingerprint density at radius 2 is 2.17 bits per heavy atom. The van der Waals surface area contributed by atoms with Crippen LogP contribution in [-0.4, -0.2) is 31.2 Å². The van der Waals surface area contributed by atoms with E-state index >= 15 is 0 Å². The van der Waals surface area contributed by atoms with E-state index in [2.05, 4.69) is 18.7 Å². The Bertz CT molecular complexity index is 351. The van der Waals surface area contributed by atoms with Gasteiger partial charge in [0.2, 0.25) is 0 Å². The molecule has 1 aromatic rings. The number of nitrogens with zero attached hydrogens (tertiary/aromatic N) is 1. The quantitative estimate of drug-likeness (QED) is 0.774. The van der Waals surface area contributed by atoms with Crippen molar-refractivity contribution in [2.75, 3.05) is 26.0 Å². The van der Waals surface area contributed by atoms with Crippen LogP contribution in [0.2, 0.25) is 5.02 Å². The van der Waals surface area contributed by atoms with Crippen LogP contribution in [0.25, 0.3) is 0 Å². The van der Waals surface area contributed by atoms with Crippen molar-refractivity contribution in [1.29, 1.82) is 0 Å². The van der Waals surface area contributed by atoms with Crippen LogP contribution >= 0.6 is 11.6 Å². The molecule has 1 atom stereocenters. The van der Waals surface area contributed by atoms with E-state index in [0.29, 0.717) is 12.6 Å². The lowest BCUT2D eigenvalue weighted by Crippen LogP contribution is -2.35. The molecule has 18 heavy (non-hydrogen) atoms. The van der Waals surface area contributed by atoms with Crippen LogP contribution in [0.5, 0.6) is 0 Å². The molecular formula is C14H23ClN2O. The van der Waals surface area contributed by atoms with E-state index in [1.807, 2.05) is 18.2 Å². The molecule has 0 bridgehead atoms. The van der Waals surface area contributed by atoms with Crippen LogP contribution in [0.15, 0.2) is 18.2 Å². The molecule has 4 heteroatoms. The minimum atomic E-state index is 0.482. The summed E-state index contributed by atoms with van der Waals surface area (Å²) in [6.45, 7) is 6.76. The SMILES string of the molecule is CCC(C)N(CCOC)Cc1c(N)cccc1Cl. The molecule has 1 aromatic carbocycles. The summed E-state index contributed by atoms with van der Waals surface area (Å²) in [4.78, 5) is 2.35. The summed E-state index contributed by atoms with van der Waals surface area (Å²) in [6.07, 6.45) is 1.09. The molecule has 2 N–H and O–H groups in total. The molecule has 1 unspecified atom stereocenters. The highest BCUT2D eigenvalue weighted by molar-refractivity contribution is 6.31. The summed E-state index contributed by atoms with van der Waals surface area (Å²) in [5.74, 6) is 0. The molecule has 3 nitrogen and oxygen atoms in total. The maximum atomic E-state index is 6.22. The van der Waals surface area contributed by atoms with Gasteiger partial charge in [-0.3, -0.25) is 4.90 Å². The standard InChI is InChI=1S/C14H23ClN2O/c1-4-11(2)17(8-9-18-3)10-12-13(15)6-5-7-14(12)16/h5-7,11H,4,8-10,16H2,1-3H3. The molecule has 0 spiro atoms. The number of nitrogen functional groups attached to an aromatic ring is 1. The number of hydrogen-bond acceptors (Lipinski definition) is 3. The van der Waals surface area contributed by atoms with E-state index in [4.69, 9.17) is 22.1 Å². The van der Waals surface area contributed by atoms with Gasteiger partial charge < -0.3 is 10.5 Å². The van der Waals surface area contributed by atoms with E-state index in [-0.39, 0.29) is 0 Å². The highest BCUT2D eigenvalue weighted by Gasteiger charge is 2.15. The molecule has 0 aliphatic carbocycles. The number of hydrogen-bond donors (Lipinski definition) is 1. The summed E-state index contributed by atoms with van der Waals surface area (Å²) in [5.41, 5.74) is 7.76. The average Bonchev–Trinajstić information content (AvgIpc) is 2.36. The van der Waals surface area contributed by atoms with Crippen LogP contribution in [-0.2, 0) is 11.3 Å². The molecule has 0 amide bonds. The molecule has 0 aromatic heterocycles. The van der Waals surface area contributed by atoms with Crippen molar-refractivity contribution in [3.63, 3.8) is 0 Å². The van der Waals surface area contributed by atoms with Gasteiger partial charge in [-0.05, 0) is 25.5 Å². The van der Waals surface area contributed by atoms with E-state index < -0.39 is 0 Å². The number of anilines is 1. The second-order valence-electron chi connectivity index (χ2n) is 4.53. The Hall–Kier alpha value is -0.770. The van der Waals surface area contributed by atoms with Gasteiger partial charge in [0, 0.05) is 42.5 Å². The van der Waals surface area contributed by atoms with Crippen LogP contribution < -0.4 is 5.73 Å². The molecular weight excluding hydrogens is 248 g/mol. The van der Waals surface area contributed by atoms with Gasteiger partial charge in [-0.25, -0.2) is 0 Å². The summed E-state index contributed by atoms with van der Waals surface area (Å²) in [5, 5.41) is 0.737. The number of rotatable bonds is 7. The van der Waals surface area contributed by atoms with Gasteiger partial charge in [0.25, 0.3) is 0 Å². The number of ether oxygens (including phenoxy) is 1. The monoisotopic (exact) mass is 270 g/mol. The fourth-order valence-electron chi connectivity index (χ4n) is 1.87. The van der Waals surface area contributed by atoms with E-state index in [9.17, 15) is 0 Å². The van der Waals surface area contributed by atoms with Gasteiger partial charge in [0.05, 0.1) is 6.61 Å². The lowest BCUT2D eigenvalue weighted by atomic mass is 10.1. The Labute approximate surface area is 115 Å². The Morgan fingerprint density at radius 1 is 1.44 bits per heavy atom. The predicted octanol–water partition coefficient (Wildman–Crippen LogP) is 3.17.